The maximum Gasteiger partial charge on any atom is 0.0107 e. The van der Waals surface area contributed by atoms with Gasteiger partial charge in [0, 0.05) is 13.1 Å². The lowest BCUT2D eigenvalue weighted by Crippen LogP contribution is -2.37. The Morgan fingerprint density at radius 3 is 2.54 bits per heavy atom. The van der Waals surface area contributed by atoms with Gasteiger partial charge >= 0.3 is 0 Å². The van der Waals surface area contributed by atoms with Crippen LogP contribution in [0.25, 0.3) is 0 Å². The van der Waals surface area contributed by atoms with Crippen LogP contribution in [-0.4, -0.2) is 38.1 Å². The molecule has 0 spiro atoms. The summed E-state index contributed by atoms with van der Waals surface area (Å²) in [6.45, 7) is 7.32. The van der Waals surface area contributed by atoms with Crippen LogP contribution in [0.2, 0.25) is 0 Å². The van der Waals surface area contributed by atoms with E-state index in [0.29, 0.717) is 0 Å². The lowest BCUT2D eigenvalue weighted by Gasteiger charge is -2.31. The molecule has 0 radical (unpaired) electrons. The van der Waals surface area contributed by atoms with Gasteiger partial charge in [0.2, 0.25) is 0 Å². The van der Waals surface area contributed by atoms with Crippen LogP contribution in [-0.2, 0) is 0 Å². The van der Waals surface area contributed by atoms with E-state index >= 15 is 0 Å². The second-order valence-corrected chi connectivity index (χ2v) is 4.18. The van der Waals surface area contributed by atoms with Gasteiger partial charge in [-0.05, 0) is 38.9 Å². The fourth-order valence-electron chi connectivity index (χ4n) is 2.18. The van der Waals surface area contributed by atoms with E-state index in [4.69, 9.17) is 0 Å². The second kappa shape index (κ2) is 6.39. The molecule has 1 heterocycles. The molecule has 1 aliphatic rings. The van der Waals surface area contributed by atoms with Crippen molar-refractivity contribution < 1.29 is 0 Å². The van der Waals surface area contributed by atoms with E-state index in [-0.39, 0.29) is 0 Å². The molecule has 2 heteroatoms. The Kier molecular flexibility index (Phi) is 5.40. The lowest BCUT2D eigenvalue weighted by molar-refractivity contribution is 0.180. The molecule has 78 valence electrons. The molecule has 0 aromatic carbocycles. The van der Waals surface area contributed by atoms with E-state index in [9.17, 15) is 0 Å². The fourth-order valence-corrected chi connectivity index (χ4v) is 2.18. The molecule has 0 aliphatic carbocycles. The van der Waals surface area contributed by atoms with E-state index in [1.165, 1.54) is 45.3 Å². The molecule has 0 bridgehead atoms. The highest BCUT2D eigenvalue weighted by atomic mass is 15.1. The number of hydrogen-bond donors (Lipinski definition) is 1. The predicted octanol–water partition coefficient (Wildman–Crippen LogP) is 1.72. The highest BCUT2D eigenvalue weighted by Crippen LogP contribution is 2.20. The zero-order valence-electron chi connectivity index (χ0n) is 9.18. The first-order chi connectivity index (χ1) is 6.36. The van der Waals surface area contributed by atoms with Crippen LogP contribution in [0.4, 0.5) is 0 Å². The molecule has 1 fully saturated rings. The molecule has 0 aromatic rings. The van der Waals surface area contributed by atoms with Gasteiger partial charge in [-0.25, -0.2) is 0 Å². The predicted molar refractivity (Wildman–Crippen MR) is 58.0 cm³/mol. The number of likely N-dealkylation sites (N-methyl/N-ethyl adjacent to an activating group) is 1. The first-order valence-corrected chi connectivity index (χ1v) is 5.73. The number of nitrogens with one attached hydrogen (secondary N) is 1. The third-order valence-corrected chi connectivity index (χ3v) is 3.08. The SMILES string of the molecule is CCCC1CCN(CCNC)CC1. The number of nitrogens with zero attached hydrogens (tertiary/aromatic N) is 1. The third kappa shape index (κ3) is 4.10. The summed E-state index contributed by atoms with van der Waals surface area (Å²) < 4.78 is 0. The summed E-state index contributed by atoms with van der Waals surface area (Å²) in [6, 6.07) is 0. The van der Waals surface area contributed by atoms with Crippen LogP contribution in [0.5, 0.6) is 0 Å². The molecular weight excluding hydrogens is 160 g/mol. The lowest BCUT2D eigenvalue weighted by atomic mass is 9.92. The topological polar surface area (TPSA) is 15.3 Å². The van der Waals surface area contributed by atoms with E-state index in [2.05, 4.69) is 17.1 Å². The van der Waals surface area contributed by atoms with E-state index in [1.807, 2.05) is 7.05 Å². The minimum Gasteiger partial charge on any atom is -0.318 e. The van der Waals surface area contributed by atoms with Crippen molar-refractivity contribution in [2.75, 3.05) is 33.2 Å². The summed E-state index contributed by atoms with van der Waals surface area (Å²) in [5, 5.41) is 3.21. The van der Waals surface area contributed by atoms with Crippen molar-refractivity contribution in [3.8, 4) is 0 Å². The van der Waals surface area contributed by atoms with Crippen LogP contribution in [0, 0.1) is 5.92 Å². The van der Waals surface area contributed by atoms with Gasteiger partial charge in [-0.2, -0.15) is 0 Å². The normalized spacial score (nSPS) is 20.8. The van der Waals surface area contributed by atoms with Crippen LogP contribution >= 0.6 is 0 Å². The van der Waals surface area contributed by atoms with Crippen molar-refractivity contribution in [3.63, 3.8) is 0 Å². The first kappa shape index (κ1) is 11.0. The van der Waals surface area contributed by atoms with E-state index in [1.54, 1.807) is 0 Å². The highest BCUT2D eigenvalue weighted by Gasteiger charge is 2.17. The minimum absolute atomic E-state index is 1.02. The molecule has 1 aliphatic heterocycles. The molecule has 1 saturated heterocycles. The van der Waals surface area contributed by atoms with Crippen molar-refractivity contribution in [1.82, 2.24) is 10.2 Å². The minimum atomic E-state index is 1.02. The standard InChI is InChI=1S/C11H24N2/c1-3-4-11-5-8-13(9-6-11)10-7-12-2/h11-12H,3-10H2,1-2H3. The van der Waals surface area contributed by atoms with Crippen molar-refractivity contribution in [3.05, 3.63) is 0 Å². The molecule has 0 saturated carbocycles. The Morgan fingerprint density at radius 1 is 1.31 bits per heavy atom. The monoisotopic (exact) mass is 184 g/mol. The number of likely N-dealkylation sites (tertiary alicyclic amines) is 1. The Balaban J connectivity index is 2.08. The molecule has 0 aromatic heterocycles. The number of piperidine rings is 1. The maximum absolute atomic E-state index is 3.21. The van der Waals surface area contributed by atoms with Crippen molar-refractivity contribution >= 4 is 0 Å². The van der Waals surface area contributed by atoms with Gasteiger partial charge < -0.3 is 10.2 Å². The van der Waals surface area contributed by atoms with Gasteiger partial charge in [-0.15, -0.1) is 0 Å². The number of rotatable bonds is 5. The van der Waals surface area contributed by atoms with Gasteiger partial charge in [-0.1, -0.05) is 19.8 Å². The summed E-state index contributed by atoms with van der Waals surface area (Å²) in [4.78, 5) is 2.59. The van der Waals surface area contributed by atoms with Crippen LogP contribution in [0.1, 0.15) is 32.6 Å². The Bertz CT molecular complexity index is 117. The van der Waals surface area contributed by atoms with E-state index < -0.39 is 0 Å². The zero-order chi connectivity index (χ0) is 9.52. The second-order valence-electron chi connectivity index (χ2n) is 4.18. The largest absolute Gasteiger partial charge is 0.318 e. The molecule has 2 nitrogen and oxygen atoms in total. The van der Waals surface area contributed by atoms with Crippen LogP contribution < -0.4 is 5.32 Å². The zero-order valence-corrected chi connectivity index (χ0v) is 9.18. The van der Waals surface area contributed by atoms with Crippen molar-refractivity contribution in [1.29, 1.82) is 0 Å². The Labute approximate surface area is 82.7 Å². The van der Waals surface area contributed by atoms with Gasteiger partial charge in [0.1, 0.15) is 0 Å². The summed E-state index contributed by atoms with van der Waals surface area (Å²) in [5.41, 5.74) is 0. The average molecular weight is 184 g/mol. The van der Waals surface area contributed by atoms with Crippen LogP contribution in [0.15, 0.2) is 0 Å². The summed E-state index contributed by atoms with van der Waals surface area (Å²) in [5.74, 6) is 1.02. The van der Waals surface area contributed by atoms with Gasteiger partial charge in [0.25, 0.3) is 0 Å². The van der Waals surface area contributed by atoms with Crippen molar-refractivity contribution in [2.24, 2.45) is 5.92 Å². The smallest absolute Gasteiger partial charge is 0.0107 e. The first-order valence-electron chi connectivity index (χ1n) is 5.73. The molecule has 0 amide bonds. The fraction of sp³-hybridized carbons (Fsp3) is 1.00. The average Bonchev–Trinajstić information content (AvgIpc) is 2.17. The molecule has 1 rings (SSSR count). The third-order valence-electron chi connectivity index (χ3n) is 3.08. The van der Waals surface area contributed by atoms with Gasteiger partial charge in [-0.3, -0.25) is 0 Å². The Morgan fingerprint density at radius 2 is 2.00 bits per heavy atom. The summed E-state index contributed by atoms with van der Waals surface area (Å²) >= 11 is 0. The summed E-state index contributed by atoms with van der Waals surface area (Å²) in [6.07, 6.45) is 5.66. The molecule has 1 N–H and O–H groups in total. The van der Waals surface area contributed by atoms with Gasteiger partial charge in [0.05, 0.1) is 0 Å². The maximum atomic E-state index is 3.21. The molecule has 0 unspecified atom stereocenters. The number of hydrogen-bond acceptors (Lipinski definition) is 2. The van der Waals surface area contributed by atoms with Crippen molar-refractivity contribution in [2.45, 2.75) is 32.6 Å². The van der Waals surface area contributed by atoms with Gasteiger partial charge in [0.15, 0.2) is 0 Å². The summed E-state index contributed by atoms with van der Waals surface area (Å²) in [7, 11) is 2.03. The molecular formula is C11H24N2. The van der Waals surface area contributed by atoms with Crippen LogP contribution in [0.3, 0.4) is 0 Å². The van der Waals surface area contributed by atoms with E-state index in [0.717, 1.165) is 12.5 Å². The highest BCUT2D eigenvalue weighted by molar-refractivity contribution is 4.72. The quantitative estimate of drug-likeness (QED) is 0.700. The molecule has 13 heavy (non-hydrogen) atoms. The Hall–Kier alpha value is -0.0800. The molecule has 0 atom stereocenters.